The Morgan fingerprint density at radius 2 is 1.85 bits per heavy atom. The molecule has 1 aliphatic rings. The molecule has 0 spiro atoms. The molecular formula is C24H22BrCl3N4O2. The first-order chi connectivity index (χ1) is 16.1. The van der Waals surface area contributed by atoms with Crippen molar-refractivity contribution < 1.29 is 4.79 Å². The molecule has 34 heavy (non-hydrogen) atoms. The van der Waals surface area contributed by atoms with E-state index in [1.807, 2.05) is 26.8 Å². The van der Waals surface area contributed by atoms with E-state index in [1.54, 1.807) is 35.2 Å². The van der Waals surface area contributed by atoms with Crippen molar-refractivity contribution in [3.8, 4) is 5.69 Å². The number of rotatable bonds is 4. The van der Waals surface area contributed by atoms with Gasteiger partial charge in [-0.15, -0.1) is 0 Å². The topological polar surface area (TPSA) is 67.2 Å². The average Bonchev–Trinajstić information content (AvgIpc) is 2.76. The summed E-state index contributed by atoms with van der Waals surface area (Å²) in [6, 6.07) is 9.94. The molecule has 1 aromatic heterocycles. The van der Waals surface area contributed by atoms with Crippen LogP contribution in [0.1, 0.15) is 42.4 Å². The van der Waals surface area contributed by atoms with Crippen molar-refractivity contribution in [1.29, 1.82) is 0 Å². The van der Waals surface area contributed by atoms with E-state index in [0.29, 0.717) is 49.9 Å². The predicted molar refractivity (Wildman–Crippen MR) is 141 cm³/mol. The molecule has 1 atom stereocenters. The number of anilines is 1. The molecule has 0 bridgehead atoms. The first kappa shape index (κ1) is 25.0. The van der Waals surface area contributed by atoms with E-state index >= 15 is 0 Å². The maximum absolute atomic E-state index is 13.7. The minimum atomic E-state index is -0.221. The average molecular weight is 585 g/mol. The molecule has 10 heteroatoms. The Hall–Kier alpha value is -2.06. The Kier molecular flexibility index (Phi) is 7.29. The minimum Gasteiger partial charge on any atom is -0.353 e. The highest BCUT2D eigenvalue weighted by atomic mass is 79.9. The van der Waals surface area contributed by atoms with Gasteiger partial charge in [0.25, 0.3) is 11.5 Å². The number of nitrogens with one attached hydrogen (secondary N) is 1. The fourth-order valence-corrected chi connectivity index (χ4v) is 5.02. The third kappa shape index (κ3) is 4.85. The maximum atomic E-state index is 13.7. The Morgan fingerprint density at radius 1 is 1.12 bits per heavy atom. The van der Waals surface area contributed by atoms with Gasteiger partial charge in [0.15, 0.2) is 0 Å². The van der Waals surface area contributed by atoms with Crippen LogP contribution in [0.3, 0.4) is 0 Å². The summed E-state index contributed by atoms with van der Waals surface area (Å²) in [5.74, 6) is 0.177. The number of halogens is 4. The van der Waals surface area contributed by atoms with Crippen LogP contribution in [0, 0.1) is 0 Å². The summed E-state index contributed by atoms with van der Waals surface area (Å²) >= 11 is 22.0. The van der Waals surface area contributed by atoms with E-state index in [-0.39, 0.29) is 30.1 Å². The largest absolute Gasteiger partial charge is 0.353 e. The second-order valence-electron chi connectivity index (χ2n) is 8.51. The summed E-state index contributed by atoms with van der Waals surface area (Å²) in [5.41, 5.74) is 1.89. The predicted octanol–water partition coefficient (Wildman–Crippen LogP) is 6.36. The Balaban J connectivity index is 1.80. The number of hydrogen-bond acceptors (Lipinski definition) is 4. The molecule has 178 valence electrons. The van der Waals surface area contributed by atoms with Crippen molar-refractivity contribution in [1.82, 2.24) is 14.5 Å². The number of aromatic nitrogens is 2. The third-order valence-electron chi connectivity index (χ3n) is 5.61. The minimum absolute atomic E-state index is 0.0156. The molecule has 0 saturated heterocycles. The van der Waals surface area contributed by atoms with E-state index < -0.39 is 0 Å². The first-order valence-corrected chi connectivity index (χ1v) is 12.6. The van der Waals surface area contributed by atoms with Gasteiger partial charge in [-0.1, -0.05) is 50.7 Å². The number of fused-ring (bicyclic) bond motifs is 1. The van der Waals surface area contributed by atoms with Gasteiger partial charge in [-0.2, -0.15) is 0 Å². The van der Waals surface area contributed by atoms with Crippen molar-refractivity contribution in [3.05, 3.63) is 83.1 Å². The number of hydrogen-bond donors (Lipinski definition) is 1. The van der Waals surface area contributed by atoms with Crippen LogP contribution in [-0.2, 0) is 13.0 Å². The number of carbonyl (C=O) groups is 1. The van der Waals surface area contributed by atoms with E-state index in [2.05, 4.69) is 21.2 Å². The van der Waals surface area contributed by atoms with Gasteiger partial charge in [0, 0.05) is 27.7 Å². The first-order valence-electron chi connectivity index (χ1n) is 10.7. The number of benzene rings is 2. The van der Waals surface area contributed by atoms with Gasteiger partial charge >= 0.3 is 0 Å². The van der Waals surface area contributed by atoms with Gasteiger partial charge in [-0.25, -0.2) is 9.55 Å². The lowest BCUT2D eigenvalue weighted by Crippen LogP contribution is -2.46. The van der Waals surface area contributed by atoms with Crippen LogP contribution in [0.4, 0.5) is 5.95 Å². The Labute approximate surface area is 221 Å². The highest BCUT2D eigenvalue weighted by Crippen LogP contribution is 2.29. The summed E-state index contributed by atoms with van der Waals surface area (Å²) in [5, 5.41) is 4.37. The monoisotopic (exact) mass is 582 g/mol. The van der Waals surface area contributed by atoms with Crippen LogP contribution in [-0.4, -0.2) is 32.4 Å². The van der Waals surface area contributed by atoms with Crippen LogP contribution < -0.4 is 10.9 Å². The Bertz CT molecular complexity index is 1340. The molecule has 1 aliphatic heterocycles. The van der Waals surface area contributed by atoms with Gasteiger partial charge in [0.05, 0.1) is 33.0 Å². The van der Waals surface area contributed by atoms with Gasteiger partial charge in [0.2, 0.25) is 5.95 Å². The second kappa shape index (κ2) is 9.90. The molecule has 0 unspecified atom stereocenters. The molecule has 0 aliphatic carbocycles. The molecule has 0 fully saturated rings. The molecule has 0 saturated carbocycles. The van der Waals surface area contributed by atoms with Crippen molar-refractivity contribution in [2.24, 2.45) is 0 Å². The number of carbonyl (C=O) groups excluding carboxylic acids is 1. The van der Waals surface area contributed by atoms with E-state index in [9.17, 15) is 9.59 Å². The fraction of sp³-hybridized carbons (Fsp3) is 0.292. The molecule has 4 rings (SSSR count). The third-order valence-corrected chi connectivity index (χ3v) is 7.14. The fourth-order valence-electron chi connectivity index (χ4n) is 3.97. The smallest absolute Gasteiger partial charge is 0.263 e. The zero-order valence-corrected chi connectivity index (χ0v) is 22.6. The van der Waals surface area contributed by atoms with Gasteiger partial charge < -0.3 is 10.2 Å². The second-order valence-corrected chi connectivity index (χ2v) is 10.6. The van der Waals surface area contributed by atoms with Gasteiger partial charge in [0.1, 0.15) is 0 Å². The SMILES string of the molecule is CC(C)Nc1nc2c(c(=O)n1-c1ccc(Br)cc1Cl)C[C@@H](C)N(C(=O)c1ccc(Cl)c(Cl)c1)C2. The summed E-state index contributed by atoms with van der Waals surface area (Å²) in [4.78, 5) is 33.5. The van der Waals surface area contributed by atoms with Crippen LogP contribution in [0.15, 0.2) is 45.7 Å². The van der Waals surface area contributed by atoms with E-state index in [1.165, 1.54) is 4.57 Å². The zero-order chi connectivity index (χ0) is 24.7. The molecule has 6 nitrogen and oxygen atoms in total. The van der Waals surface area contributed by atoms with Crippen molar-refractivity contribution in [2.75, 3.05) is 5.32 Å². The van der Waals surface area contributed by atoms with Crippen molar-refractivity contribution in [2.45, 2.75) is 45.8 Å². The highest BCUT2D eigenvalue weighted by molar-refractivity contribution is 9.10. The molecule has 2 heterocycles. The molecule has 3 aromatic rings. The van der Waals surface area contributed by atoms with Crippen molar-refractivity contribution >= 4 is 62.6 Å². The highest BCUT2D eigenvalue weighted by Gasteiger charge is 2.32. The normalized spacial score (nSPS) is 15.4. The lowest BCUT2D eigenvalue weighted by Gasteiger charge is -2.35. The molecule has 0 radical (unpaired) electrons. The molecule has 1 N–H and O–H groups in total. The molecular weight excluding hydrogens is 563 g/mol. The van der Waals surface area contributed by atoms with Gasteiger partial charge in [-0.05, 0) is 63.6 Å². The summed E-state index contributed by atoms with van der Waals surface area (Å²) in [6.45, 7) is 6.03. The summed E-state index contributed by atoms with van der Waals surface area (Å²) < 4.78 is 2.32. The van der Waals surface area contributed by atoms with Crippen LogP contribution >= 0.6 is 50.7 Å². The Morgan fingerprint density at radius 3 is 2.50 bits per heavy atom. The molecule has 1 amide bonds. The van der Waals surface area contributed by atoms with Crippen LogP contribution in [0.5, 0.6) is 0 Å². The van der Waals surface area contributed by atoms with Crippen molar-refractivity contribution in [3.63, 3.8) is 0 Å². The van der Waals surface area contributed by atoms with Crippen LogP contribution in [0.2, 0.25) is 15.1 Å². The number of amides is 1. The quantitative estimate of drug-likeness (QED) is 0.388. The lowest BCUT2D eigenvalue weighted by molar-refractivity contribution is 0.0653. The van der Waals surface area contributed by atoms with Gasteiger partial charge in [-0.3, -0.25) is 9.59 Å². The summed E-state index contributed by atoms with van der Waals surface area (Å²) in [7, 11) is 0. The number of nitrogens with zero attached hydrogens (tertiary/aromatic N) is 3. The van der Waals surface area contributed by atoms with Crippen LogP contribution in [0.25, 0.3) is 5.69 Å². The van der Waals surface area contributed by atoms with E-state index in [0.717, 1.165) is 4.47 Å². The van der Waals surface area contributed by atoms with E-state index in [4.69, 9.17) is 39.8 Å². The summed E-state index contributed by atoms with van der Waals surface area (Å²) in [6.07, 6.45) is 0.365. The zero-order valence-electron chi connectivity index (χ0n) is 18.7. The standard InChI is InChI=1S/C24H22BrCl3N4O2/c1-12(2)29-24-30-20-11-31(22(33)14-4-6-17(26)18(27)9-14)13(3)8-16(20)23(34)32(24)21-7-5-15(25)10-19(21)28/h4-7,9-10,12-13H,8,11H2,1-3H3,(H,29,30)/t13-/m1/s1. The molecule has 2 aromatic carbocycles. The lowest BCUT2D eigenvalue weighted by atomic mass is 9.98. The maximum Gasteiger partial charge on any atom is 0.263 e.